The van der Waals surface area contributed by atoms with Crippen molar-refractivity contribution in [3.8, 4) is 44.9 Å². The normalized spacial score (nSPS) is 11.9. The fourth-order valence-electron chi connectivity index (χ4n) is 6.98. The molecule has 0 N–H and O–H groups in total. The van der Waals surface area contributed by atoms with Gasteiger partial charge in [-0.05, 0) is 70.5 Å². The van der Waals surface area contributed by atoms with Gasteiger partial charge in [0.1, 0.15) is 16.8 Å². The predicted molar refractivity (Wildman–Crippen MR) is 210 cm³/mol. The van der Waals surface area contributed by atoms with E-state index in [1.165, 1.54) is 0 Å². The smallest absolute Gasteiger partial charge is 0.180 e. The lowest BCUT2D eigenvalue weighted by Crippen LogP contribution is -1.99. The predicted octanol–water partition coefficient (Wildman–Crippen LogP) is 12.4. The van der Waals surface area contributed by atoms with Gasteiger partial charge >= 0.3 is 0 Å². The first-order valence-electron chi connectivity index (χ1n) is 17.6. The molecule has 0 saturated heterocycles. The van der Waals surface area contributed by atoms with Crippen molar-refractivity contribution in [1.82, 2.24) is 19.9 Å². The summed E-state index contributed by atoms with van der Waals surface area (Å²) in [6, 6.07) is 46.5. The van der Waals surface area contributed by atoms with E-state index in [0.717, 1.165) is 88.8 Å². The van der Waals surface area contributed by atoms with Gasteiger partial charge in [0.15, 0.2) is 11.4 Å². The van der Waals surface area contributed by atoms with Gasteiger partial charge in [0.25, 0.3) is 0 Å². The average Bonchev–Trinajstić information content (AvgIpc) is 3.56. The Morgan fingerprint density at radius 3 is 1.88 bits per heavy atom. The summed E-state index contributed by atoms with van der Waals surface area (Å²) in [4.78, 5) is 20.5. The minimum Gasteiger partial charge on any atom is -0.452 e. The van der Waals surface area contributed by atoms with Crippen molar-refractivity contribution in [2.24, 2.45) is 0 Å². The quantitative estimate of drug-likeness (QED) is 0.166. The molecule has 0 saturated carbocycles. The summed E-state index contributed by atoms with van der Waals surface area (Å²) in [5, 5.41) is 3.19. The van der Waals surface area contributed by atoms with Crippen LogP contribution in [-0.4, -0.2) is 19.9 Å². The number of nitrogens with zero attached hydrogens (tertiary/aromatic N) is 4. The second-order valence-electron chi connectivity index (χ2n) is 13.9. The van der Waals surface area contributed by atoms with Gasteiger partial charge in [-0.25, -0.2) is 9.97 Å². The number of rotatable bonds is 6. The highest BCUT2D eigenvalue weighted by molar-refractivity contribution is 6.09. The lowest BCUT2D eigenvalue weighted by molar-refractivity contribution is 0.667. The Bertz CT molecular complexity index is 2760. The molecule has 4 heterocycles. The van der Waals surface area contributed by atoms with Gasteiger partial charge in [0, 0.05) is 38.7 Å². The van der Waals surface area contributed by atoms with Gasteiger partial charge in [-0.15, -0.1) is 0 Å². The van der Waals surface area contributed by atoms with E-state index in [2.05, 4.69) is 113 Å². The van der Waals surface area contributed by atoms with Gasteiger partial charge in [-0.1, -0.05) is 125 Å². The molecule has 0 atom stereocenters. The lowest BCUT2D eigenvalue weighted by Gasteiger charge is -2.15. The highest BCUT2D eigenvalue weighted by atomic mass is 16.3. The molecule has 0 aliphatic rings. The molecular weight excluding hydrogens is 625 g/mol. The third kappa shape index (κ3) is 5.42. The summed E-state index contributed by atoms with van der Waals surface area (Å²) in [6.07, 6.45) is 0. The topological polar surface area (TPSA) is 64.7 Å². The maximum absolute atomic E-state index is 6.44. The monoisotopic (exact) mass is 660 g/mol. The molecule has 0 spiro atoms. The van der Waals surface area contributed by atoms with E-state index in [0.29, 0.717) is 17.3 Å². The average molecular weight is 661 g/mol. The van der Waals surface area contributed by atoms with Crippen molar-refractivity contribution >= 4 is 43.9 Å². The SMILES string of the molecule is CC(C)c1ccc2ccc3c(-c4cccc(-c5cccc(-c6nc(-c7ccccc7)nc7c6oc6ccccc67)c5)c4)cc(C(C)C)nc3c2n1. The minimum absolute atomic E-state index is 0.264. The number of benzene rings is 5. The van der Waals surface area contributed by atoms with Crippen LogP contribution in [0.1, 0.15) is 50.9 Å². The molecule has 5 nitrogen and oxygen atoms in total. The van der Waals surface area contributed by atoms with E-state index in [1.54, 1.807) is 0 Å². The standard InChI is InChI=1S/C46H36N4O/c1-27(2)38-23-21-29-20-22-35-37(26-39(28(3)4)48-43(35)41(29)47-38)33-16-10-14-31(24-33)32-15-11-17-34(25-32)42-45-44(36-18-8-9-19-40(36)51-45)50-46(49-42)30-12-6-5-7-13-30/h5-28H,1-4H3. The van der Waals surface area contributed by atoms with Crippen molar-refractivity contribution in [3.63, 3.8) is 0 Å². The Balaban J connectivity index is 1.20. The largest absolute Gasteiger partial charge is 0.452 e. The third-order valence-corrected chi connectivity index (χ3v) is 9.76. The molecule has 0 amide bonds. The van der Waals surface area contributed by atoms with Gasteiger partial charge in [0.2, 0.25) is 0 Å². The van der Waals surface area contributed by atoms with E-state index in [9.17, 15) is 0 Å². The first kappa shape index (κ1) is 30.8. The molecule has 5 aromatic carbocycles. The summed E-state index contributed by atoms with van der Waals surface area (Å²) >= 11 is 0. The number of pyridine rings is 2. The Morgan fingerprint density at radius 2 is 1.10 bits per heavy atom. The number of hydrogen-bond donors (Lipinski definition) is 0. The second kappa shape index (κ2) is 12.3. The zero-order valence-electron chi connectivity index (χ0n) is 29.1. The Labute approximate surface area is 296 Å². The maximum atomic E-state index is 6.44. The van der Waals surface area contributed by atoms with Crippen LogP contribution in [-0.2, 0) is 0 Å². The van der Waals surface area contributed by atoms with Crippen LogP contribution >= 0.6 is 0 Å². The van der Waals surface area contributed by atoms with Crippen LogP contribution in [0.5, 0.6) is 0 Å². The number of furan rings is 1. The summed E-state index contributed by atoms with van der Waals surface area (Å²) < 4.78 is 6.44. The second-order valence-corrected chi connectivity index (χ2v) is 13.9. The van der Waals surface area contributed by atoms with Crippen molar-refractivity contribution in [1.29, 1.82) is 0 Å². The zero-order valence-corrected chi connectivity index (χ0v) is 29.1. The van der Waals surface area contributed by atoms with E-state index < -0.39 is 0 Å². The highest BCUT2D eigenvalue weighted by Gasteiger charge is 2.19. The number of fused-ring (bicyclic) bond motifs is 6. The van der Waals surface area contributed by atoms with Gasteiger partial charge in [-0.3, -0.25) is 9.97 Å². The molecule has 5 heteroatoms. The van der Waals surface area contributed by atoms with Crippen LogP contribution in [0, 0.1) is 0 Å². The van der Waals surface area contributed by atoms with Crippen molar-refractivity contribution in [2.75, 3.05) is 0 Å². The molecule has 0 fully saturated rings. The van der Waals surface area contributed by atoms with Crippen LogP contribution in [0.2, 0.25) is 0 Å². The van der Waals surface area contributed by atoms with Gasteiger partial charge in [0.05, 0.1) is 11.0 Å². The van der Waals surface area contributed by atoms with Gasteiger partial charge < -0.3 is 4.42 Å². The molecule has 0 aliphatic carbocycles. The Hall–Kier alpha value is -6.20. The summed E-state index contributed by atoms with van der Waals surface area (Å²) in [5.41, 5.74) is 13.6. The van der Waals surface area contributed by atoms with Crippen molar-refractivity contribution in [2.45, 2.75) is 39.5 Å². The number of hydrogen-bond acceptors (Lipinski definition) is 5. The first-order valence-corrected chi connectivity index (χ1v) is 17.6. The fraction of sp³-hybridized carbons (Fsp3) is 0.130. The summed E-state index contributed by atoms with van der Waals surface area (Å²) in [5.74, 6) is 1.27. The number of aromatic nitrogens is 4. The number of para-hydroxylation sites is 1. The molecule has 0 unspecified atom stereocenters. The van der Waals surface area contributed by atoms with Crippen LogP contribution in [0.4, 0.5) is 0 Å². The molecule has 0 aliphatic heterocycles. The Morgan fingerprint density at radius 1 is 0.451 bits per heavy atom. The van der Waals surface area contributed by atoms with Crippen LogP contribution in [0.15, 0.2) is 138 Å². The van der Waals surface area contributed by atoms with Crippen LogP contribution < -0.4 is 0 Å². The zero-order chi connectivity index (χ0) is 34.6. The summed E-state index contributed by atoms with van der Waals surface area (Å²) in [7, 11) is 0. The van der Waals surface area contributed by atoms with Crippen molar-refractivity contribution in [3.05, 3.63) is 145 Å². The van der Waals surface area contributed by atoms with Crippen molar-refractivity contribution < 1.29 is 4.42 Å². The van der Waals surface area contributed by atoms with E-state index in [4.69, 9.17) is 24.4 Å². The van der Waals surface area contributed by atoms with Gasteiger partial charge in [-0.2, -0.15) is 0 Å². The fourth-order valence-corrected chi connectivity index (χ4v) is 6.98. The molecule has 9 rings (SSSR count). The van der Waals surface area contributed by atoms with E-state index >= 15 is 0 Å². The minimum atomic E-state index is 0.264. The summed E-state index contributed by atoms with van der Waals surface area (Å²) in [6.45, 7) is 8.77. The third-order valence-electron chi connectivity index (χ3n) is 9.76. The highest BCUT2D eigenvalue weighted by Crippen LogP contribution is 2.39. The van der Waals surface area contributed by atoms with Crippen LogP contribution in [0.3, 0.4) is 0 Å². The molecule has 0 bridgehead atoms. The Kier molecular flexibility index (Phi) is 7.43. The first-order chi connectivity index (χ1) is 24.9. The lowest BCUT2D eigenvalue weighted by atomic mass is 9.93. The molecule has 9 aromatic rings. The molecule has 0 radical (unpaired) electrons. The maximum Gasteiger partial charge on any atom is 0.180 e. The molecular formula is C46H36N4O. The molecule has 51 heavy (non-hydrogen) atoms. The van der Waals surface area contributed by atoms with Crippen LogP contribution in [0.25, 0.3) is 88.8 Å². The molecule has 246 valence electrons. The molecule has 4 aromatic heterocycles. The van der Waals surface area contributed by atoms with E-state index in [1.807, 2.05) is 48.5 Å². The van der Waals surface area contributed by atoms with E-state index in [-0.39, 0.29) is 5.92 Å².